The van der Waals surface area contributed by atoms with Gasteiger partial charge in [-0.1, -0.05) is 32.6 Å². The van der Waals surface area contributed by atoms with Gasteiger partial charge in [-0.2, -0.15) is 13.2 Å². The number of esters is 1. The number of alkyl halides is 3. The normalized spacial score (nSPS) is 24.2. The predicted molar refractivity (Wildman–Crippen MR) is 138 cm³/mol. The highest BCUT2D eigenvalue weighted by atomic mass is 19.4. The minimum atomic E-state index is -4.73. The van der Waals surface area contributed by atoms with Gasteiger partial charge in [0.2, 0.25) is 0 Å². The van der Waals surface area contributed by atoms with Crippen molar-refractivity contribution in [1.29, 1.82) is 0 Å². The van der Waals surface area contributed by atoms with Gasteiger partial charge in [-0.3, -0.25) is 4.79 Å². The lowest BCUT2D eigenvalue weighted by Crippen LogP contribution is -2.30. The molecule has 2 aromatic rings. The Bertz CT molecular complexity index is 1150. The van der Waals surface area contributed by atoms with E-state index in [0.717, 1.165) is 55.7 Å². The lowest BCUT2D eigenvalue weighted by molar-refractivity contribution is -0.140. The third-order valence-electron chi connectivity index (χ3n) is 8.35. The van der Waals surface area contributed by atoms with Crippen LogP contribution in [0.5, 0.6) is 5.75 Å². The first-order valence-corrected chi connectivity index (χ1v) is 13.8. The molecule has 0 N–H and O–H groups in total. The third-order valence-corrected chi connectivity index (χ3v) is 8.35. The van der Waals surface area contributed by atoms with Crippen molar-refractivity contribution in [3.8, 4) is 16.9 Å². The van der Waals surface area contributed by atoms with Crippen molar-refractivity contribution >= 4 is 12.0 Å². The van der Waals surface area contributed by atoms with Gasteiger partial charge in [0.1, 0.15) is 23.2 Å². The Balaban J connectivity index is 1.34. The Kier molecular flexibility index (Phi) is 9.44. The van der Waals surface area contributed by atoms with Gasteiger partial charge in [0.05, 0.1) is 5.92 Å². The Morgan fingerprint density at radius 1 is 0.872 bits per heavy atom. The minimum Gasteiger partial charge on any atom is -0.426 e. The van der Waals surface area contributed by atoms with E-state index in [1.807, 2.05) is 0 Å². The Morgan fingerprint density at radius 2 is 1.46 bits per heavy atom. The maximum Gasteiger partial charge on any atom is 0.409 e. The molecule has 2 fully saturated rings. The summed E-state index contributed by atoms with van der Waals surface area (Å²) in [7, 11) is 0. The van der Waals surface area contributed by atoms with Gasteiger partial charge >= 0.3 is 12.1 Å². The molecule has 0 saturated heterocycles. The summed E-state index contributed by atoms with van der Waals surface area (Å²) in [6.07, 6.45) is 6.46. The van der Waals surface area contributed by atoms with Crippen molar-refractivity contribution in [2.45, 2.75) is 77.3 Å². The summed E-state index contributed by atoms with van der Waals surface area (Å²) in [5.74, 6) is -1.82. The Morgan fingerprint density at radius 3 is 2.00 bits per heavy atom. The molecule has 0 radical (unpaired) electrons. The molecule has 0 heterocycles. The second-order valence-electron chi connectivity index (χ2n) is 11.0. The van der Waals surface area contributed by atoms with Crippen molar-refractivity contribution < 1.29 is 35.9 Å². The summed E-state index contributed by atoms with van der Waals surface area (Å²) in [5, 5.41) is 0. The molecule has 2 aliphatic carbocycles. The van der Waals surface area contributed by atoms with Crippen LogP contribution in [0.3, 0.4) is 0 Å². The van der Waals surface area contributed by atoms with Crippen molar-refractivity contribution in [2.24, 2.45) is 23.7 Å². The molecule has 2 aromatic carbocycles. The highest BCUT2D eigenvalue weighted by Gasteiger charge is 2.33. The number of carbonyl (C=O) groups excluding carboxylic acids is 1. The van der Waals surface area contributed by atoms with Crippen molar-refractivity contribution in [3.63, 3.8) is 0 Å². The van der Waals surface area contributed by atoms with E-state index in [2.05, 4.69) is 6.92 Å². The first kappa shape index (κ1) is 29.2. The molecule has 0 bridgehead atoms. The summed E-state index contributed by atoms with van der Waals surface area (Å²) < 4.78 is 86.0. The average Bonchev–Trinajstić information content (AvgIpc) is 2.88. The second-order valence-corrected chi connectivity index (χ2v) is 11.0. The SMILES string of the molecule is CCCC1CCC(C2CCC(C(=O)Oc3ccc(-c4cc(F)c(C=CC(F)(F)F)c(F)c4)c(F)c3)CC2)CC1. The molecule has 0 aromatic heterocycles. The largest absolute Gasteiger partial charge is 0.426 e. The monoisotopic (exact) mass is 552 g/mol. The van der Waals surface area contributed by atoms with Crippen LogP contribution in [0.2, 0.25) is 0 Å². The molecular weight excluding hydrogens is 518 g/mol. The van der Waals surface area contributed by atoms with Crippen molar-refractivity contribution in [1.82, 2.24) is 0 Å². The van der Waals surface area contributed by atoms with Crippen LogP contribution in [-0.4, -0.2) is 12.1 Å². The van der Waals surface area contributed by atoms with Gasteiger partial charge in [-0.15, -0.1) is 0 Å². The predicted octanol–water partition coefficient (Wildman–Crippen LogP) is 9.66. The molecule has 212 valence electrons. The number of ether oxygens (including phenoxy) is 1. The molecule has 0 atom stereocenters. The van der Waals surface area contributed by atoms with Crippen LogP contribution < -0.4 is 4.74 Å². The van der Waals surface area contributed by atoms with Crippen LogP contribution in [0.1, 0.15) is 76.7 Å². The number of hydrogen-bond acceptors (Lipinski definition) is 2. The van der Waals surface area contributed by atoms with E-state index in [9.17, 15) is 31.1 Å². The number of carbonyl (C=O) groups is 1. The summed E-state index contributed by atoms with van der Waals surface area (Å²) in [6, 6.07) is 5.06. The smallest absolute Gasteiger partial charge is 0.409 e. The van der Waals surface area contributed by atoms with Crippen LogP contribution in [0, 0.1) is 41.1 Å². The average molecular weight is 553 g/mol. The molecule has 0 aliphatic heterocycles. The van der Waals surface area contributed by atoms with E-state index >= 15 is 0 Å². The molecule has 8 heteroatoms. The van der Waals surface area contributed by atoms with E-state index in [1.54, 1.807) is 0 Å². The number of allylic oxidation sites excluding steroid dienone is 1. The summed E-state index contributed by atoms with van der Waals surface area (Å²) in [5.41, 5.74) is -1.24. The van der Waals surface area contributed by atoms with Gasteiger partial charge in [-0.25, -0.2) is 13.2 Å². The molecular formula is C31H34F6O2. The van der Waals surface area contributed by atoms with Gasteiger partial charge in [0.25, 0.3) is 0 Å². The quantitative estimate of drug-likeness (QED) is 0.194. The van der Waals surface area contributed by atoms with Crippen molar-refractivity contribution in [3.05, 3.63) is 59.4 Å². The zero-order chi connectivity index (χ0) is 28.2. The van der Waals surface area contributed by atoms with E-state index < -0.39 is 35.2 Å². The lowest BCUT2D eigenvalue weighted by atomic mass is 9.69. The first-order chi connectivity index (χ1) is 18.5. The van der Waals surface area contributed by atoms with E-state index in [0.29, 0.717) is 12.0 Å². The van der Waals surface area contributed by atoms with Gasteiger partial charge < -0.3 is 4.74 Å². The van der Waals surface area contributed by atoms with E-state index in [4.69, 9.17) is 4.74 Å². The molecule has 2 aliphatic rings. The molecule has 2 nitrogen and oxygen atoms in total. The standard InChI is InChI=1S/C31H34F6O2/c1-2-3-19-4-6-20(7-5-19)21-8-10-22(11-9-21)30(38)39-24-12-13-25(29(34)18-24)23-16-27(32)26(28(33)17-23)14-15-31(35,36)37/h12-22H,2-11H2,1H3. The van der Waals surface area contributed by atoms with Gasteiger partial charge in [0, 0.05) is 23.3 Å². The minimum absolute atomic E-state index is 0.0108. The molecule has 39 heavy (non-hydrogen) atoms. The van der Waals surface area contributed by atoms with Gasteiger partial charge in [-0.05, 0) is 92.2 Å². The van der Waals surface area contributed by atoms with E-state index in [1.165, 1.54) is 50.7 Å². The highest BCUT2D eigenvalue weighted by Crippen LogP contribution is 2.42. The fourth-order valence-electron chi connectivity index (χ4n) is 6.25. The molecule has 0 amide bonds. The fraction of sp³-hybridized carbons (Fsp3) is 0.516. The Labute approximate surface area is 225 Å². The maximum atomic E-state index is 14.8. The second kappa shape index (κ2) is 12.6. The van der Waals surface area contributed by atoms with Crippen molar-refractivity contribution in [2.75, 3.05) is 0 Å². The van der Waals surface area contributed by atoms with Gasteiger partial charge in [0.15, 0.2) is 0 Å². The zero-order valence-corrected chi connectivity index (χ0v) is 22.0. The van der Waals surface area contributed by atoms with E-state index in [-0.39, 0.29) is 28.9 Å². The first-order valence-electron chi connectivity index (χ1n) is 13.8. The molecule has 0 unspecified atom stereocenters. The van der Waals surface area contributed by atoms with Crippen LogP contribution in [0.25, 0.3) is 17.2 Å². The highest BCUT2D eigenvalue weighted by molar-refractivity contribution is 5.76. The summed E-state index contributed by atoms with van der Waals surface area (Å²) in [4.78, 5) is 12.8. The lowest BCUT2D eigenvalue weighted by Gasteiger charge is -2.37. The van der Waals surface area contributed by atoms with Crippen LogP contribution in [-0.2, 0) is 4.79 Å². The topological polar surface area (TPSA) is 26.3 Å². The number of rotatable bonds is 7. The molecule has 2 saturated carbocycles. The zero-order valence-electron chi connectivity index (χ0n) is 22.0. The maximum absolute atomic E-state index is 14.8. The van der Waals surface area contributed by atoms with Crippen LogP contribution in [0.15, 0.2) is 36.4 Å². The summed E-state index contributed by atoms with van der Waals surface area (Å²) in [6.45, 7) is 2.24. The molecule has 4 rings (SSSR count). The van der Waals surface area contributed by atoms with Crippen LogP contribution >= 0.6 is 0 Å². The number of halogens is 6. The fourth-order valence-corrected chi connectivity index (χ4v) is 6.25. The molecule has 0 spiro atoms. The number of hydrogen-bond donors (Lipinski definition) is 0. The summed E-state index contributed by atoms with van der Waals surface area (Å²) >= 11 is 0. The van der Waals surface area contributed by atoms with Crippen LogP contribution in [0.4, 0.5) is 26.3 Å². The Hall–Kier alpha value is -2.77. The third kappa shape index (κ3) is 7.67. The number of benzene rings is 2.